The number of pyridine rings is 1. The summed E-state index contributed by atoms with van der Waals surface area (Å²) >= 11 is 1.37. The highest BCUT2D eigenvalue weighted by molar-refractivity contribution is 7.21. The Morgan fingerprint density at radius 3 is 2.40 bits per heavy atom. The molecule has 8 heteroatoms. The average Bonchev–Trinajstić information content (AvgIpc) is 3.86. The minimum absolute atomic E-state index is 0.122. The van der Waals surface area contributed by atoms with E-state index in [1.807, 2.05) is 11.0 Å². The van der Waals surface area contributed by atoms with E-state index >= 15 is 0 Å². The summed E-state index contributed by atoms with van der Waals surface area (Å²) in [5, 5.41) is 11.1. The first-order valence-electron chi connectivity index (χ1n) is 17.8. The van der Waals surface area contributed by atoms with E-state index in [0.717, 1.165) is 82.4 Å². The maximum atomic E-state index is 14.1. The molecule has 3 fully saturated rings. The number of aryl methyl sites for hydroxylation is 1. The monoisotopic (exact) mass is 660 g/mol. The van der Waals surface area contributed by atoms with Gasteiger partial charge in [-0.2, -0.15) is 0 Å². The summed E-state index contributed by atoms with van der Waals surface area (Å²) in [6, 6.07) is 21.5. The lowest BCUT2D eigenvalue weighted by molar-refractivity contribution is -0.133. The van der Waals surface area contributed by atoms with Crippen LogP contribution in [-0.4, -0.2) is 68.6 Å². The third kappa shape index (κ3) is 5.94. The molecular formula is C40H44N4O3S. The van der Waals surface area contributed by atoms with Crippen LogP contribution in [0.15, 0.2) is 60.7 Å². The third-order valence-corrected chi connectivity index (χ3v) is 12.2. The van der Waals surface area contributed by atoms with Gasteiger partial charge in [0.1, 0.15) is 11.4 Å². The lowest BCUT2D eigenvalue weighted by atomic mass is 9.83. The summed E-state index contributed by atoms with van der Waals surface area (Å²) in [7, 11) is 0. The molecule has 1 amide bonds. The van der Waals surface area contributed by atoms with Gasteiger partial charge in [0, 0.05) is 30.1 Å². The van der Waals surface area contributed by atoms with Gasteiger partial charge in [0.2, 0.25) is 5.91 Å². The molecule has 2 saturated heterocycles. The lowest BCUT2D eigenvalue weighted by Crippen LogP contribution is -2.46. The van der Waals surface area contributed by atoms with Gasteiger partial charge in [0.25, 0.3) is 0 Å². The zero-order valence-corrected chi connectivity index (χ0v) is 28.6. The summed E-state index contributed by atoms with van der Waals surface area (Å²) in [5.74, 6) is -0.450. The molecule has 1 aliphatic carbocycles. The van der Waals surface area contributed by atoms with Gasteiger partial charge in [0.15, 0.2) is 0 Å². The number of hydrogen-bond acceptors (Lipinski definition) is 5. The number of hydrogen-bond donors (Lipinski definition) is 1. The Kier molecular flexibility index (Phi) is 8.55. The smallest absolute Gasteiger partial charge is 0.345 e. The molecule has 3 aliphatic rings. The van der Waals surface area contributed by atoms with E-state index in [-0.39, 0.29) is 12.5 Å². The van der Waals surface area contributed by atoms with Crippen LogP contribution in [0.3, 0.4) is 0 Å². The van der Waals surface area contributed by atoms with Crippen molar-refractivity contribution >= 4 is 44.3 Å². The first-order chi connectivity index (χ1) is 23.4. The topological polar surface area (TPSA) is 78.7 Å². The summed E-state index contributed by atoms with van der Waals surface area (Å²) in [4.78, 5) is 36.4. The molecule has 0 bridgehead atoms. The number of piperidine rings is 1. The number of rotatable bonds is 7. The lowest BCUT2D eigenvalue weighted by Gasteiger charge is -2.36. The molecule has 5 heterocycles. The summed E-state index contributed by atoms with van der Waals surface area (Å²) in [5.41, 5.74) is 8.43. The molecule has 0 atom stereocenters. The number of likely N-dealkylation sites (tertiary alicyclic amines) is 2. The molecule has 1 saturated carbocycles. The van der Waals surface area contributed by atoms with Crippen molar-refractivity contribution in [1.29, 1.82) is 0 Å². The maximum absolute atomic E-state index is 14.1. The van der Waals surface area contributed by atoms with E-state index in [0.29, 0.717) is 16.8 Å². The number of carbonyl (C=O) groups is 2. The fourth-order valence-corrected chi connectivity index (χ4v) is 9.68. The van der Waals surface area contributed by atoms with Crippen LogP contribution >= 0.6 is 11.3 Å². The van der Waals surface area contributed by atoms with Crippen molar-refractivity contribution in [3.05, 3.63) is 76.7 Å². The second kappa shape index (κ2) is 13.1. The zero-order valence-electron chi connectivity index (χ0n) is 27.8. The normalized spacial score (nSPS) is 18.3. The molecule has 2 aromatic carbocycles. The molecule has 5 aromatic rings. The second-order valence-electron chi connectivity index (χ2n) is 14.1. The van der Waals surface area contributed by atoms with E-state index in [2.05, 4.69) is 71.0 Å². The van der Waals surface area contributed by atoms with Crippen LogP contribution in [-0.2, 0) is 11.3 Å². The van der Waals surface area contributed by atoms with Crippen molar-refractivity contribution in [1.82, 2.24) is 19.4 Å². The quantitative estimate of drug-likeness (QED) is 0.189. The van der Waals surface area contributed by atoms with Crippen LogP contribution in [0, 0.1) is 6.92 Å². The van der Waals surface area contributed by atoms with Crippen LogP contribution in [0.4, 0.5) is 0 Å². The summed E-state index contributed by atoms with van der Waals surface area (Å²) in [6.07, 6.45) is 10.4. The number of carboxylic acids is 1. The van der Waals surface area contributed by atoms with Crippen LogP contribution < -0.4 is 0 Å². The van der Waals surface area contributed by atoms with Gasteiger partial charge in [-0.25, -0.2) is 9.78 Å². The molecule has 2 aliphatic heterocycles. The predicted molar refractivity (Wildman–Crippen MR) is 194 cm³/mol. The molecule has 1 N–H and O–H groups in total. The highest BCUT2D eigenvalue weighted by Gasteiger charge is 2.32. The molecule has 0 spiro atoms. The van der Waals surface area contributed by atoms with Gasteiger partial charge in [-0.05, 0) is 106 Å². The van der Waals surface area contributed by atoms with Crippen molar-refractivity contribution in [3.63, 3.8) is 0 Å². The highest BCUT2D eigenvalue weighted by Crippen LogP contribution is 2.47. The number of aromatic nitrogens is 2. The predicted octanol–water partition coefficient (Wildman–Crippen LogP) is 8.73. The fraction of sp³-hybridized carbons (Fsp3) is 0.425. The minimum Gasteiger partial charge on any atom is -0.477 e. The van der Waals surface area contributed by atoms with E-state index in [4.69, 9.17) is 4.98 Å². The summed E-state index contributed by atoms with van der Waals surface area (Å²) < 4.78 is 3.19. The Morgan fingerprint density at radius 1 is 0.854 bits per heavy atom. The Morgan fingerprint density at radius 2 is 1.65 bits per heavy atom. The molecular weight excluding hydrogens is 617 g/mol. The number of thiophene rings is 1. The zero-order chi connectivity index (χ0) is 32.8. The second-order valence-corrected chi connectivity index (χ2v) is 15.2. The van der Waals surface area contributed by atoms with Gasteiger partial charge in [0.05, 0.1) is 27.1 Å². The first kappa shape index (κ1) is 31.3. The molecule has 3 aromatic heterocycles. The molecule has 0 unspecified atom stereocenters. The van der Waals surface area contributed by atoms with Crippen LogP contribution in [0.5, 0.6) is 0 Å². The number of nitrogens with zero attached hydrogens (tertiary/aromatic N) is 4. The molecule has 248 valence electrons. The largest absolute Gasteiger partial charge is 0.477 e. The molecule has 7 nitrogen and oxygen atoms in total. The van der Waals surface area contributed by atoms with E-state index in [1.54, 1.807) is 0 Å². The molecule has 8 rings (SSSR count). The Balaban J connectivity index is 1.20. The van der Waals surface area contributed by atoms with Crippen molar-refractivity contribution < 1.29 is 14.7 Å². The number of fused-ring (bicyclic) bond motifs is 2. The van der Waals surface area contributed by atoms with Gasteiger partial charge in [-0.3, -0.25) is 4.79 Å². The standard InChI is InChI=1S/C40H44N4O3S/c1-26-8-7-11-28(22-26)32-14-12-29-23-30(13-15-33(29)41-32)38-37(27-9-3-2-4-10-27)39-34(24-35(48-39)40(46)47)44(38)25-36(45)43-20-16-31(17-21-43)42-18-5-6-19-42/h7-8,11-15,22-24,27,31H,2-6,9-10,16-21,25H2,1H3,(H,46,47). The number of benzene rings is 2. The van der Waals surface area contributed by atoms with E-state index in [1.165, 1.54) is 67.7 Å². The summed E-state index contributed by atoms with van der Waals surface area (Å²) in [6.45, 7) is 6.25. The van der Waals surface area contributed by atoms with Crippen LogP contribution in [0.25, 0.3) is 43.6 Å². The van der Waals surface area contributed by atoms with Crippen LogP contribution in [0.2, 0.25) is 0 Å². The maximum Gasteiger partial charge on any atom is 0.345 e. The van der Waals surface area contributed by atoms with Gasteiger partial charge < -0.3 is 19.5 Å². The Labute approximate surface area is 286 Å². The Hall–Kier alpha value is -4.01. The number of carbonyl (C=O) groups excluding carboxylic acids is 1. The molecule has 0 radical (unpaired) electrons. The van der Waals surface area contributed by atoms with Crippen molar-refractivity contribution in [2.75, 3.05) is 26.2 Å². The molecule has 48 heavy (non-hydrogen) atoms. The Bertz CT molecular complexity index is 1990. The van der Waals surface area contributed by atoms with Gasteiger partial charge in [-0.1, -0.05) is 55.2 Å². The third-order valence-electron chi connectivity index (χ3n) is 11.0. The van der Waals surface area contributed by atoms with Crippen molar-refractivity contribution in [2.24, 2.45) is 0 Å². The van der Waals surface area contributed by atoms with Crippen molar-refractivity contribution in [3.8, 4) is 22.5 Å². The number of aromatic carboxylic acids is 1. The van der Waals surface area contributed by atoms with Gasteiger partial charge in [-0.15, -0.1) is 11.3 Å². The van der Waals surface area contributed by atoms with E-state index < -0.39 is 5.97 Å². The minimum atomic E-state index is -0.907. The highest BCUT2D eigenvalue weighted by atomic mass is 32.1. The van der Waals surface area contributed by atoms with Gasteiger partial charge >= 0.3 is 5.97 Å². The van der Waals surface area contributed by atoms with Crippen LogP contribution in [0.1, 0.15) is 84.5 Å². The number of amides is 1. The fourth-order valence-electron chi connectivity index (χ4n) is 8.56. The average molecular weight is 661 g/mol. The van der Waals surface area contributed by atoms with E-state index in [9.17, 15) is 14.7 Å². The van der Waals surface area contributed by atoms with Crippen molar-refractivity contribution in [2.45, 2.75) is 83.2 Å². The number of carboxylic acid groups (broad SMARTS) is 1. The SMILES string of the molecule is Cc1cccc(-c2ccc3cc(-c4c(C5CCCCC5)c5sc(C(=O)O)cc5n4CC(=O)N4CCC(N5CCCC5)CC4)ccc3n2)c1. The first-order valence-corrected chi connectivity index (χ1v) is 18.6.